The minimum absolute atomic E-state index is 0.205. The maximum atomic E-state index is 13.0. The molecule has 1 aliphatic carbocycles. The van der Waals surface area contributed by atoms with Gasteiger partial charge in [-0.05, 0) is 104 Å². The Labute approximate surface area is 294 Å². The Bertz CT molecular complexity index is 1400. The number of unbranched alkanes of at least 4 members (excludes halogenated alkanes) is 10. The molecule has 266 valence electrons. The Morgan fingerprint density at radius 3 is 2.02 bits per heavy atom. The fourth-order valence-corrected chi connectivity index (χ4v) is 6.31. The Kier molecular flexibility index (Phi) is 16.7. The Morgan fingerprint density at radius 2 is 1.31 bits per heavy atom. The van der Waals surface area contributed by atoms with E-state index in [2.05, 4.69) is 32.9 Å². The number of carbonyl (C=O) groups excluding carboxylic acids is 2. The summed E-state index contributed by atoms with van der Waals surface area (Å²) in [4.78, 5) is 25.8. The van der Waals surface area contributed by atoms with Crippen LogP contribution < -0.4 is 14.2 Å². The second kappa shape index (κ2) is 21.4. The lowest BCUT2D eigenvalue weighted by Gasteiger charge is -2.23. The molecule has 2 atom stereocenters. The van der Waals surface area contributed by atoms with Crippen molar-refractivity contribution >= 4 is 11.9 Å². The Hall–Kier alpha value is -3.64. The monoisotopic (exact) mass is 670 g/mol. The minimum Gasteiger partial charge on any atom is -0.494 e. The molecule has 6 heteroatoms. The van der Waals surface area contributed by atoms with Crippen molar-refractivity contribution in [3.05, 3.63) is 89.0 Å². The number of hydrogen-bond acceptors (Lipinski definition) is 6. The summed E-state index contributed by atoms with van der Waals surface area (Å²) in [6.07, 6.45) is 18.7. The molecule has 3 aromatic carbocycles. The van der Waals surface area contributed by atoms with Crippen molar-refractivity contribution in [3.8, 4) is 17.2 Å². The summed E-state index contributed by atoms with van der Waals surface area (Å²) in [7, 11) is 0. The number of rotatable bonds is 22. The zero-order chi connectivity index (χ0) is 34.7. The first-order valence-corrected chi connectivity index (χ1v) is 18.9. The highest BCUT2D eigenvalue weighted by molar-refractivity contribution is 5.91. The van der Waals surface area contributed by atoms with E-state index in [1.807, 2.05) is 18.2 Å². The fourth-order valence-electron chi connectivity index (χ4n) is 6.31. The third-order valence-corrected chi connectivity index (χ3v) is 9.45. The van der Waals surface area contributed by atoms with E-state index in [4.69, 9.17) is 18.9 Å². The number of ether oxygens (including phenoxy) is 4. The van der Waals surface area contributed by atoms with Crippen LogP contribution in [0.15, 0.2) is 66.7 Å². The summed E-state index contributed by atoms with van der Waals surface area (Å²) in [6, 6.07) is 20.2. The Balaban J connectivity index is 1.15. The number of esters is 2. The van der Waals surface area contributed by atoms with E-state index in [0.717, 1.165) is 43.6 Å². The van der Waals surface area contributed by atoms with Gasteiger partial charge in [0.1, 0.15) is 17.2 Å². The van der Waals surface area contributed by atoms with Crippen LogP contribution in [0.2, 0.25) is 0 Å². The van der Waals surface area contributed by atoms with Crippen LogP contribution in [-0.4, -0.2) is 24.6 Å². The van der Waals surface area contributed by atoms with Gasteiger partial charge in [0.2, 0.25) is 0 Å². The van der Waals surface area contributed by atoms with Crippen molar-refractivity contribution in [2.24, 2.45) is 5.92 Å². The average molecular weight is 671 g/mol. The fraction of sp³-hybridized carbons (Fsp3) is 0.535. The molecule has 0 saturated heterocycles. The van der Waals surface area contributed by atoms with Gasteiger partial charge in [0, 0.05) is 0 Å². The molecule has 49 heavy (non-hydrogen) atoms. The maximum Gasteiger partial charge on any atom is 0.343 e. The molecule has 0 heterocycles. The smallest absolute Gasteiger partial charge is 0.343 e. The van der Waals surface area contributed by atoms with Gasteiger partial charge < -0.3 is 18.9 Å². The van der Waals surface area contributed by atoms with Gasteiger partial charge in [-0.15, -0.1) is 0 Å². The molecule has 1 aliphatic rings. The molecule has 0 radical (unpaired) electrons. The SMILES string of the molecule is CCCCCCCCCCOc1ccc2c(c1)CCC(C(=O)Oc1ccc(C(=O)Oc3ccc(CO[C@H](C)CCCCCC)cc3)cc1)C2. The maximum absolute atomic E-state index is 13.0. The van der Waals surface area contributed by atoms with Crippen molar-refractivity contribution in [2.75, 3.05) is 6.61 Å². The van der Waals surface area contributed by atoms with E-state index in [0.29, 0.717) is 30.1 Å². The molecule has 0 N–H and O–H groups in total. The molecule has 0 fully saturated rings. The summed E-state index contributed by atoms with van der Waals surface area (Å²) >= 11 is 0. The lowest BCUT2D eigenvalue weighted by atomic mass is 9.84. The number of fused-ring (bicyclic) bond motifs is 1. The first kappa shape index (κ1) is 38.2. The predicted molar refractivity (Wildman–Crippen MR) is 197 cm³/mol. The summed E-state index contributed by atoms with van der Waals surface area (Å²) in [6.45, 7) is 7.88. The van der Waals surface area contributed by atoms with E-state index >= 15 is 0 Å². The normalized spacial score (nSPS) is 14.6. The molecule has 6 nitrogen and oxygen atoms in total. The zero-order valence-electron chi connectivity index (χ0n) is 30.2. The highest BCUT2D eigenvalue weighted by Gasteiger charge is 2.27. The quantitative estimate of drug-likeness (QED) is 0.0602. The number of aryl methyl sites for hydroxylation is 1. The number of benzene rings is 3. The van der Waals surface area contributed by atoms with Gasteiger partial charge in [0.05, 0.1) is 30.8 Å². The summed E-state index contributed by atoms with van der Waals surface area (Å²) in [5, 5.41) is 0. The Morgan fingerprint density at radius 1 is 0.694 bits per heavy atom. The number of hydrogen-bond donors (Lipinski definition) is 0. The van der Waals surface area contributed by atoms with E-state index in [1.54, 1.807) is 36.4 Å². The molecule has 1 unspecified atom stereocenters. The van der Waals surface area contributed by atoms with Crippen LogP contribution in [0.3, 0.4) is 0 Å². The minimum atomic E-state index is -0.465. The average Bonchev–Trinajstić information content (AvgIpc) is 3.12. The van der Waals surface area contributed by atoms with Gasteiger partial charge in [-0.2, -0.15) is 0 Å². The van der Waals surface area contributed by atoms with Crippen LogP contribution >= 0.6 is 0 Å². The van der Waals surface area contributed by atoms with Crippen LogP contribution in [0.4, 0.5) is 0 Å². The summed E-state index contributed by atoms with van der Waals surface area (Å²) in [5.41, 5.74) is 3.86. The van der Waals surface area contributed by atoms with Crippen LogP contribution in [0.1, 0.15) is 138 Å². The molecule has 3 aromatic rings. The van der Waals surface area contributed by atoms with E-state index in [9.17, 15) is 9.59 Å². The highest BCUT2D eigenvalue weighted by Crippen LogP contribution is 2.30. The zero-order valence-corrected chi connectivity index (χ0v) is 30.2. The van der Waals surface area contributed by atoms with Crippen molar-refractivity contribution in [1.29, 1.82) is 0 Å². The van der Waals surface area contributed by atoms with Crippen LogP contribution in [0.5, 0.6) is 17.2 Å². The van der Waals surface area contributed by atoms with E-state index in [1.165, 1.54) is 81.8 Å². The van der Waals surface area contributed by atoms with Crippen molar-refractivity contribution in [2.45, 2.75) is 136 Å². The first-order chi connectivity index (χ1) is 23.9. The van der Waals surface area contributed by atoms with E-state index < -0.39 is 5.97 Å². The molecule has 0 saturated carbocycles. The largest absolute Gasteiger partial charge is 0.494 e. The molecule has 0 amide bonds. The van der Waals surface area contributed by atoms with Gasteiger partial charge in [-0.1, -0.05) is 103 Å². The topological polar surface area (TPSA) is 71.1 Å². The predicted octanol–water partition coefficient (Wildman–Crippen LogP) is 11.0. The third kappa shape index (κ3) is 13.7. The third-order valence-electron chi connectivity index (χ3n) is 9.45. The van der Waals surface area contributed by atoms with Gasteiger partial charge in [0.15, 0.2) is 0 Å². The first-order valence-electron chi connectivity index (χ1n) is 18.9. The van der Waals surface area contributed by atoms with E-state index in [-0.39, 0.29) is 18.0 Å². The molecule has 0 bridgehead atoms. The molecule has 0 spiro atoms. The van der Waals surface area contributed by atoms with Crippen molar-refractivity contribution in [3.63, 3.8) is 0 Å². The van der Waals surface area contributed by atoms with Gasteiger partial charge in [0.25, 0.3) is 0 Å². The standard InChI is InChI=1S/C43H58O6/c1-4-6-8-10-11-12-13-15-29-46-41-28-23-36-30-38(20-19-37(36)31-41)43(45)49-40-26-21-35(22-27-40)42(44)48-39-24-17-34(18-25-39)32-47-33(3)16-14-9-7-5-2/h17-18,21-28,31,33,38H,4-16,19-20,29-30,32H2,1-3H3/t33-,38?/m1/s1. The van der Waals surface area contributed by atoms with Crippen LogP contribution in [0, 0.1) is 5.92 Å². The van der Waals surface area contributed by atoms with Gasteiger partial charge in [-0.3, -0.25) is 4.79 Å². The van der Waals surface area contributed by atoms with Crippen LogP contribution in [-0.2, 0) is 29.0 Å². The summed E-state index contributed by atoms with van der Waals surface area (Å²) < 4.78 is 23.3. The number of carbonyl (C=O) groups is 2. The second-order valence-electron chi connectivity index (χ2n) is 13.6. The van der Waals surface area contributed by atoms with Crippen molar-refractivity contribution in [1.82, 2.24) is 0 Å². The highest BCUT2D eigenvalue weighted by atomic mass is 16.5. The molecular weight excluding hydrogens is 612 g/mol. The van der Waals surface area contributed by atoms with Crippen molar-refractivity contribution < 1.29 is 28.5 Å². The molecule has 0 aromatic heterocycles. The molecule has 4 rings (SSSR count). The van der Waals surface area contributed by atoms with Gasteiger partial charge in [-0.25, -0.2) is 4.79 Å². The van der Waals surface area contributed by atoms with Crippen LogP contribution in [0.25, 0.3) is 0 Å². The molecular formula is C43H58O6. The lowest BCUT2D eigenvalue weighted by Crippen LogP contribution is -2.26. The second-order valence-corrected chi connectivity index (χ2v) is 13.6. The molecule has 0 aliphatic heterocycles. The van der Waals surface area contributed by atoms with Gasteiger partial charge >= 0.3 is 11.9 Å². The lowest BCUT2D eigenvalue weighted by molar-refractivity contribution is -0.139. The summed E-state index contributed by atoms with van der Waals surface area (Å²) in [5.74, 6) is 0.890.